The third-order valence-corrected chi connectivity index (χ3v) is 5.20. The average molecular weight is 350 g/mol. The molecule has 0 unspecified atom stereocenters. The molecule has 1 aliphatic rings. The highest BCUT2D eigenvalue weighted by molar-refractivity contribution is 7.98. The highest BCUT2D eigenvalue weighted by Crippen LogP contribution is 2.35. The molecular formula is C18H14N4O2S. The summed E-state index contributed by atoms with van der Waals surface area (Å²) >= 11 is 1.65. The fourth-order valence-corrected chi connectivity index (χ4v) is 3.88. The highest BCUT2D eigenvalue weighted by atomic mass is 32.2. The van der Waals surface area contributed by atoms with Gasteiger partial charge in [-0.1, -0.05) is 30.0 Å². The molecule has 0 aliphatic carbocycles. The summed E-state index contributed by atoms with van der Waals surface area (Å²) in [5.74, 6) is 3.23. The van der Waals surface area contributed by atoms with Gasteiger partial charge in [-0.2, -0.15) is 0 Å². The SMILES string of the molecule is Cc1nnc2c(SCc3ccc4c(c3)OCO4)nc3ccccc3n12. The fraction of sp³-hybridized carbons (Fsp3) is 0.167. The van der Waals surface area contributed by atoms with Crippen molar-refractivity contribution < 1.29 is 9.47 Å². The van der Waals surface area contributed by atoms with Gasteiger partial charge in [0.05, 0.1) is 11.0 Å². The molecule has 1 aliphatic heterocycles. The van der Waals surface area contributed by atoms with Crippen molar-refractivity contribution in [2.45, 2.75) is 17.7 Å². The van der Waals surface area contributed by atoms with Crippen LogP contribution in [0.3, 0.4) is 0 Å². The Bertz CT molecular complexity index is 1110. The van der Waals surface area contributed by atoms with Crippen molar-refractivity contribution in [3.8, 4) is 11.5 Å². The van der Waals surface area contributed by atoms with Crippen molar-refractivity contribution in [1.29, 1.82) is 0 Å². The van der Waals surface area contributed by atoms with Crippen LogP contribution in [0, 0.1) is 6.92 Å². The Kier molecular flexibility index (Phi) is 3.27. The molecule has 7 heteroatoms. The van der Waals surface area contributed by atoms with E-state index in [0.717, 1.165) is 50.3 Å². The van der Waals surface area contributed by atoms with E-state index in [-0.39, 0.29) is 6.79 Å². The predicted molar refractivity (Wildman–Crippen MR) is 95.2 cm³/mol. The van der Waals surface area contributed by atoms with Gasteiger partial charge in [-0.05, 0) is 36.8 Å². The molecule has 3 heterocycles. The Morgan fingerprint density at radius 3 is 2.92 bits per heavy atom. The number of hydrogen-bond donors (Lipinski definition) is 0. The largest absolute Gasteiger partial charge is 0.454 e. The molecule has 2 aromatic heterocycles. The maximum absolute atomic E-state index is 5.45. The molecule has 5 rings (SSSR count). The Morgan fingerprint density at radius 1 is 1.08 bits per heavy atom. The number of aryl methyl sites for hydroxylation is 1. The molecule has 0 spiro atoms. The Labute approximate surface area is 147 Å². The van der Waals surface area contributed by atoms with Crippen LogP contribution in [0.5, 0.6) is 11.5 Å². The molecule has 0 atom stereocenters. The summed E-state index contributed by atoms with van der Waals surface area (Å²) in [5.41, 5.74) is 3.90. The summed E-state index contributed by atoms with van der Waals surface area (Å²) in [7, 11) is 0. The maximum Gasteiger partial charge on any atom is 0.231 e. The van der Waals surface area contributed by atoms with Gasteiger partial charge in [-0.3, -0.25) is 4.40 Å². The van der Waals surface area contributed by atoms with Gasteiger partial charge < -0.3 is 9.47 Å². The summed E-state index contributed by atoms with van der Waals surface area (Å²) in [4.78, 5) is 4.79. The second-order valence-corrected chi connectivity index (χ2v) is 6.75. The van der Waals surface area contributed by atoms with Crippen LogP contribution in [0.4, 0.5) is 0 Å². The Morgan fingerprint density at radius 2 is 1.96 bits per heavy atom. The normalized spacial score (nSPS) is 13.0. The summed E-state index contributed by atoms with van der Waals surface area (Å²) < 4.78 is 12.9. The number of thioether (sulfide) groups is 1. The van der Waals surface area contributed by atoms with Gasteiger partial charge >= 0.3 is 0 Å². The highest BCUT2D eigenvalue weighted by Gasteiger charge is 2.16. The lowest BCUT2D eigenvalue weighted by molar-refractivity contribution is 0.174. The molecule has 0 fully saturated rings. The van der Waals surface area contributed by atoms with Crippen LogP contribution in [-0.4, -0.2) is 26.4 Å². The first kappa shape index (κ1) is 14.5. The van der Waals surface area contributed by atoms with E-state index in [1.807, 2.05) is 49.4 Å². The van der Waals surface area contributed by atoms with Crippen molar-refractivity contribution >= 4 is 28.4 Å². The number of nitrogens with zero attached hydrogens (tertiary/aromatic N) is 4. The Hall–Kier alpha value is -2.80. The summed E-state index contributed by atoms with van der Waals surface area (Å²) in [6.45, 7) is 2.25. The molecule has 0 saturated heterocycles. The van der Waals surface area contributed by atoms with E-state index in [9.17, 15) is 0 Å². The van der Waals surface area contributed by atoms with E-state index in [0.29, 0.717) is 0 Å². The lowest BCUT2D eigenvalue weighted by Crippen LogP contribution is -1.96. The quantitative estimate of drug-likeness (QED) is 0.526. The first-order chi connectivity index (χ1) is 12.3. The van der Waals surface area contributed by atoms with Crippen molar-refractivity contribution in [2.75, 3.05) is 6.79 Å². The third-order valence-electron chi connectivity index (χ3n) is 4.17. The van der Waals surface area contributed by atoms with Crippen LogP contribution < -0.4 is 9.47 Å². The van der Waals surface area contributed by atoms with Crippen LogP contribution in [0.15, 0.2) is 47.5 Å². The number of fused-ring (bicyclic) bond motifs is 4. The van der Waals surface area contributed by atoms with E-state index >= 15 is 0 Å². The number of hydrogen-bond acceptors (Lipinski definition) is 6. The fourth-order valence-electron chi connectivity index (χ4n) is 2.98. The zero-order valence-electron chi connectivity index (χ0n) is 13.5. The maximum atomic E-state index is 5.45. The van der Waals surface area contributed by atoms with Crippen LogP contribution in [0.25, 0.3) is 16.7 Å². The van der Waals surface area contributed by atoms with Gasteiger partial charge in [0.2, 0.25) is 6.79 Å². The molecular weight excluding hydrogens is 336 g/mol. The second kappa shape index (κ2) is 5.63. The smallest absolute Gasteiger partial charge is 0.231 e. The molecule has 4 aromatic rings. The van der Waals surface area contributed by atoms with Gasteiger partial charge in [-0.15, -0.1) is 10.2 Å². The molecule has 0 amide bonds. The molecule has 25 heavy (non-hydrogen) atoms. The summed E-state index contributed by atoms with van der Waals surface area (Å²) in [5, 5.41) is 9.43. The first-order valence-corrected chi connectivity index (χ1v) is 8.90. The minimum atomic E-state index is 0.289. The van der Waals surface area contributed by atoms with Crippen molar-refractivity contribution in [3.63, 3.8) is 0 Å². The van der Waals surface area contributed by atoms with Gasteiger partial charge in [0.1, 0.15) is 10.9 Å². The lowest BCUT2D eigenvalue weighted by Gasteiger charge is -2.07. The molecule has 2 aromatic carbocycles. The van der Waals surface area contributed by atoms with Gasteiger partial charge in [0, 0.05) is 5.75 Å². The van der Waals surface area contributed by atoms with E-state index < -0.39 is 0 Å². The number of ether oxygens (including phenoxy) is 2. The van der Waals surface area contributed by atoms with Crippen molar-refractivity contribution in [1.82, 2.24) is 19.6 Å². The zero-order valence-corrected chi connectivity index (χ0v) is 14.3. The van der Waals surface area contributed by atoms with Crippen LogP contribution in [0.1, 0.15) is 11.4 Å². The standard InChI is InChI=1S/C18H14N4O2S/c1-11-20-21-17-18(19-13-4-2-3-5-14(13)22(11)17)25-9-12-6-7-15-16(8-12)24-10-23-15/h2-8H,9-10H2,1H3. The summed E-state index contributed by atoms with van der Waals surface area (Å²) in [6.07, 6.45) is 0. The Balaban J connectivity index is 1.54. The number of rotatable bonds is 3. The third kappa shape index (κ3) is 2.39. The zero-order chi connectivity index (χ0) is 16.8. The predicted octanol–water partition coefficient (Wildman–Crippen LogP) is 3.61. The van der Waals surface area contributed by atoms with E-state index in [1.54, 1.807) is 11.8 Å². The molecule has 6 nitrogen and oxygen atoms in total. The van der Waals surface area contributed by atoms with Crippen molar-refractivity contribution in [3.05, 3.63) is 53.9 Å². The van der Waals surface area contributed by atoms with E-state index in [4.69, 9.17) is 14.5 Å². The van der Waals surface area contributed by atoms with Crippen LogP contribution >= 0.6 is 11.8 Å². The van der Waals surface area contributed by atoms with Crippen LogP contribution in [-0.2, 0) is 5.75 Å². The lowest BCUT2D eigenvalue weighted by atomic mass is 10.2. The molecule has 0 saturated carbocycles. The monoisotopic (exact) mass is 350 g/mol. The molecule has 0 N–H and O–H groups in total. The van der Waals surface area contributed by atoms with Crippen LogP contribution in [0.2, 0.25) is 0 Å². The molecule has 0 radical (unpaired) electrons. The minimum Gasteiger partial charge on any atom is -0.454 e. The second-order valence-electron chi connectivity index (χ2n) is 5.79. The molecule has 124 valence electrons. The average Bonchev–Trinajstić information content (AvgIpc) is 3.26. The van der Waals surface area contributed by atoms with E-state index in [2.05, 4.69) is 14.6 Å². The number of benzene rings is 2. The number of para-hydroxylation sites is 2. The van der Waals surface area contributed by atoms with Crippen molar-refractivity contribution in [2.24, 2.45) is 0 Å². The minimum absolute atomic E-state index is 0.289. The van der Waals surface area contributed by atoms with E-state index in [1.165, 1.54) is 0 Å². The topological polar surface area (TPSA) is 61.5 Å². The van der Waals surface area contributed by atoms with Gasteiger partial charge in [0.15, 0.2) is 17.1 Å². The number of aromatic nitrogens is 4. The first-order valence-electron chi connectivity index (χ1n) is 7.91. The van der Waals surface area contributed by atoms with Gasteiger partial charge in [0.25, 0.3) is 0 Å². The summed E-state index contributed by atoms with van der Waals surface area (Å²) in [6, 6.07) is 14.1. The molecule has 0 bridgehead atoms. The van der Waals surface area contributed by atoms with Gasteiger partial charge in [-0.25, -0.2) is 4.98 Å².